The average molecular weight is 457 g/mol. The van der Waals surface area contributed by atoms with Crippen LogP contribution in [-0.4, -0.2) is 42.4 Å². The molecule has 0 aliphatic carbocycles. The first-order chi connectivity index (χ1) is 16.5. The van der Waals surface area contributed by atoms with Crippen LogP contribution >= 0.6 is 0 Å². The zero-order chi connectivity index (χ0) is 23.9. The van der Waals surface area contributed by atoms with Crippen molar-refractivity contribution in [3.05, 3.63) is 82.9 Å². The number of likely N-dealkylation sites (tertiary alicyclic amines) is 1. The van der Waals surface area contributed by atoms with E-state index >= 15 is 0 Å². The van der Waals surface area contributed by atoms with Crippen molar-refractivity contribution in [2.24, 2.45) is 0 Å². The van der Waals surface area contributed by atoms with Crippen molar-refractivity contribution in [2.45, 2.75) is 39.4 Å². The van der Waals surface area contributed by atoms with E-state index in [9.17, 15) is 5.11 Å². The largest absolute Gasteiger partial charge is 0.493 e. The first kappa shape index (κ1) is 23.8. The van der Waals surface area contributed by atoms with Gasteiger partial charge >= 0.3 is 0 Å². The lowest BCUT2D eigenvalue weighted by Gasteiger charge is -2.18. The van der Waals surface area contributed by atoms with Crippen LogP contribution in [0.5, 0.6) is 11.5 Å². The molecule has 5 nitrogen and oxygen atoms in total. The van der Waals surface area contributed by atoms with Gasteiger partial charge in [0.25, 0.3) is 0 Å². The molecule has 0 aromatic heterocycles. The molecule has 0 amide bonds. The second kappa shape index (κ2) is 11.2. The third-order valence-corrected chi connectivity index (χ3v) is 6.43. The summed E-state index contributed by atoms with van der Waals surface area (Å²) >= 11 is 0. The van der Waals surface area contributed by atoms with E-state index in [1.807, 2.05) is 42.5 Å². The van der Waals surface area contributed by atoms with E-state index in [-0.39, 0.29) is 6.10 Å². The van der Waals surface area contributed by atoms with Gasteiger partial charge in [0.2, 0.25) is 0 Å². The monoisotopic (exact) mass is 456 g/mol. The third kappa shape index (κ3) is 5.77. The minimum Gasteiger partial charge on any atom is -0.493 e. The Morgan fingerprint density at radius 2 is 1.65 bits per heavy atom. The molecule has 1 N–H and O–H groups in total. The van der Waals surface area contributed by atoms with E-state index in [0.717, 1.165) is 71.8 Å². The molecule has 1 saturated heterocycles. The van der Waals surface area contributed by atoms with Gasteiger partial charge in [-0.25, -0.2) is 0 Å². The third-order valence-electron chi connectivity index (χ3n) is 6.43. The van der Waals surface area contributed by atoms with Crippen LogP contribution in [0.25, 0.3) is 11.1 Å². The first-order valence-corrected chi connectivity index (χ1v) is 11.9. The summed E-state index contributed by atoms with van der Waals surface area (Å²) < 4.78 is 12.3. The molecular formula is C29H32N2O3. The summed E-state index contributed by atoms with van der Waals surface area (Å²) in [6.45, 7) is 7.94. The molecule has 3 aromatic carbocycles. The molecule has 1 fully saturated rings. The summed E-state index contributed by atoms with van der Waals surface area (Å²) in [5, 5.41) is 18.8. The lowest BCUT2D eigenvalue weighted by molar-refractivity contribution is 0.173. The van der Waals surface area contributed by atoms with Gasteiger partial charge in [0.15, 0.2) is 0 Å². The average Bonchev–Trinajstić information content (AvgIpc) is 3.27. The van der Waals surface area contributed by atoms with Crippen molar-refractivity contribution in [3.63, 3.8) is 0 Å². The van der Waals surface area contributed by atoms with Crippen LogP contribution < -0.4 is 9.47 Å². The van der Waals surface area contributed by atoms with Crippen molar-refractivity contribution in [1.29, 1.82) is 5.26 Å². The molecule has 4 rings (SSSR count). The quantitative estimate of drug-likeness (QED) is 0.445. The van der Waals surface area contributed by atoms with E-state index in [1.165, 1.54) is 0 Å². The number of rotatable bonds is 9. The maximum absolute atomic E-state index is 9.67. The molecule has 5 heteroatoms. The number of benzene rings is 3. The van der Waals surface area contributed by atoms with Crippen molar-refractivity contribution in [2.75, 3.05) is 26.2 Å². The molecular weight excluding hydrogens is 424 g/mol. The van der Waals surface area contributed by atoms with Gasteiger partial charge in [-0.05, 0) is 78.8 Å². The molecule has 0 radical (unpaired) electrons. The van der Waals surface area contributed by atoms with Crippen LogP contribution in [0.1, 0.15) is 35.1 Å². The molecule has 0 saturated carbocycles. The zero-order valence-electron chi connectivity index (χ0n) is 20.0. The Labute approximate surface area is 202 Å². The minimum atomic E-state index is -0.175. The highest BCUT2D eigenvalue weighted by Gasteiger charge is 2.19. The highest BCUT2D eigenvalue weighted by Crippen LogP contribution is 2.35. The Morgan fingerprint density at radius 3 is 2.29 bits per heavy atom. The molecule has 34 heavy (non-hydrogen) atoms. The van der Waals surface area contributed by atoms with Crippen molar-refractivity contribution in [1.82, 2.24) is 4.90 Å². The van der Waals surface area contributed by atoms with Gasteiger partial charge in [0, 0.05) is 19.6 Å². The SMILES string of the molecule is Cc1c(OCCCN2CC[C@@H](O)C2)cccc1-c1cccc(OCc2cccc(C#N)c2)c1C. The number of aliphatic hydroxyl groups is 1. The predicted octanol–water partition coefficient (Wildman–Crippen LogP) is 5.26. The smallest absolute Gasteiger partial charge is 0.123 e. The maximum atomic E-state index is 9.67. The van der Waals surface area contributed by atoms with Crippen LogP contribution in [0.15, 0.2) is 60.7 Å². The molecule has 1 aliphatic heterocycles. The van der Waals surface area contributed by atoms with Crippen LogP contribution in [0.4, 0.5) is 0 Å². The highest BCUT2D eigenvalue weighted by atomic mass is 16.5. The second-order valence-electron chi connectivity index (χ2n) is 8.90. The van der Waals surface area contributed by atoms with Gasteiger partial charge in [-0.3, -0.25) is 0 Å². The summed E-state index contributed by atoms with van der Waals surface area (Å²) in [5.41, 5.74) is 6.05. The number of aliphatic hydroxyl groups excluding tert-OH is 1. The van der Waals surface area contributed by atoms with E-state index in [0.29, 0.717) is 18.8 Å². The lowest BCUT2D eigenvalue weighted by atomic mass is 9.95. The summed E-state index contributed by atoms with van der Waals surface area (Å²) in [4.78, 5) is 2.29. The molecule has 0 unspecified atom stereocenters. The van der Waals surface area contributed by atoms with Gasteiger partial charge < -0.3 is 19.5 Å². The summed E-state index contributed by atoms with van der Waals surface area (Å²) in [6, 6.07) is 22.0. The molecule has 1 aliphatic rings. The second-order valence-corrected chi connectivity index (χ2v) is 8.90. The van der Waals surface area contributed by atoms with Crippen LogP contribution in [0.3, 0.4) is 0 Å². The summed E-state index contributed by atoms with van der Waals surface area (Å²) in [6.07, 6.45) is 1.63. The van der Waals surface area contributed by atoms with Crippen LogP contribution in [-0.2, 0) is 6.61 Å². The number of nitrogens with zero attached hydrogens (tertiary/aromatic N) is 2. The number of nitriles is 1. The number of hydrogen-bond acceptors (Lipinski definition) is 5. The topological polar surface area (TPSA) is 65.7 Å². The molecule has 176 valence electrons. The van der Waals surface area contributed by atoms with E-state index in [2.05, 4.69) is 36.9 Å². The maximum Gasteiger partial charge on any atom is 0.123 e. The summed E-state index contributed by atoms with van der Waals surface area (Å²) in [7, 11) is 0. The van der Waals surface area contributed by atoms with Crippen LogP contribution in [0.2, 0.25) is 0 Å². The fourth-order valence-corrected chi connectivity index (χ4v) is 4.50. The van der Waals surface area contributed by atoms with Gasteiger partial charge in [-0.15, -0.1) is 0 Å². The lowest BCUT2D eigenvalue weighted by Crippen LogP contribution is -2.24. The minimum absolute atomic E-state index is 0.175. The van der Waals surface area contributed by atoms with Crippen LogP contribution in [0, 0.1) is 25.2 Å². The number of β-amino-alcohol motifs (C(OH)–C–C–N with tert-alkyl or cyclic N) is 1. The van der Waals surface area contributed by atoms with Crippen molar-refractivity contribution >= 4 is 0 Å². The Hall–Kier alpha value is -3.33. The summed E-state index contributed by atoms with van der Waals surface area (Å²) in [5.74, 6) is 1.73. The van der Waals surface area contributed by atoms with E-state index in [1.54, 1.807) is 6.07 Å². The fourth-order valence-electron chi connectivity index (χ4n) is 4.50. The predicted molar refractivity (Wildman–Crippen MR) is 134 cm³/mol. The fraction of sp³-hybridized carbons (Fsp3) is 0.345. The molecule has 3 aromatic rings. The van der Waals surface area contributed by atoms with E-state index < -0.39 is 0 Å². The number of hydrogen-bond donors (Lipinski definition) is 1. The van der Waals surface area contributed by atoms with E-state index in [4.69, 9.17) is 14.7 Å². The molecule has 0 spiro atoms. The zero-order valence-corrected chi connectivity index (χ0v) is 20.0. The Balaban J connectivity index is 1.42. The van der Waals surface area contributed by atoms with Crippen molar-refractivity contribution in [3.8, 4) is 28.7 Å². The highest BCUT2D eigenvalue weighted by molar-refractivity contribution is 5.74. The normalized spacial score (nSPS) is 15.8. The van der Waals surface area contributed by atoms with Gasteiger partial charge in [-0.1, -0.05) is 36.4 Å². The first-order valence-electron chi connectivity index (χ1n) is 11.9. The Morgan fingerprint density at radius 1 is 0.971 bits per heavy atom. The van der Waals surface area contributed by atoms with Crippen molar-refractivity contribution < 1.29 is 14.6 Å². The Bertz CT molecular complexity index is 1170. The van der Waals surface area contributed by atoms with Gasteiger partial charge in [0.05, 0.1) is 24.3 Å². The number of ether oxygens (including phenoxy) is 2. The molecule has 1 heterocycles. The Kier molecular flexibility index (Phi) is 7.84. The molecule has 0 bridgehead atoms. The molecule has 1 atom stereocenters. The van der Waals surface area contributed by atoms with Gasteiger partial charge in [-0.2, -0.15) is 5.26 Å². The van der Waals surface area contributed by atoms with Gasteiger partial charge in [0.1, 0.15) is 18.1 Å². The standard InChI is InChI=1S/C29H32N2O3/c1-21-26(9-4-11-28(21)33-16-6-14-31-15-13-25(32)19-31)27-10-5-12-29(22(27)2)34-20-24-8-3-7-23(17-24)18-30/h3-5,7-12,17,25,32H,6,13-16,19-20H2,1-2H3/t25-/m1/s1.